The zero-order valence-corrected chi connectivity index (χ0v) is 22.6. The highest BCUT2D eigenvalue weighted by Gasteiger charge is 2.33. The van der Waals surface area contributed by atoms with E-state index in [4.69, 9.17) is 5.26 Å². The number of amides is 2. The second-order valence-corrected chi connectivity index (χ2v) is 10.4. The predicted molar refractivity (Wildman–Crippen MR) is 153 cm³/mol. The van der Waals surface area contributed by atoms with Gasteiger partial charge in [0.05, 0.1) is 47.7 Å². The van der Waals surface area contributed by atoms with Gasteiger partial charge in [-0.3, -0.25) is 9.59 Å². The second kappa shape index (κ2) is 12.4. The Hall–Kier alpha value is -4.70. The van der Waals surface area contributed by atoms with Crippen LogP contribution in [0.2, 0.25) is 0 Å². The Balaban J connectivity index is 1.26. The number of carbonyl (C=O) groups excluding carboxylic acids is 2. The van der Waals surface area contributed by atoms with Crippen molar-refractivity contribution >= 4 is 11.8 Å². The van der Waals surface area contributed by atoms with Crippen molar-refractivity contribution in [1.29, 1.82) is 5.26 Å². The minimum absolute atomic E-state index is 0.0310. The van der Waals surface area contributed by atoms with E-state index in [2.05, 4.69) is 16.4 Å². The van der Waals surface area contributed by atoms with Crippen molar-refractivity contribution in [2.24, 2.45) is 5.92 Å². The number of nitrogens with zero attached hydrogens (tertiary/aromatic N) is 4. The van der Waals surface area contributed by atoms with Crippen LogP contribution in [-0.4, -0.2) is 39.4 Å². The summed E-state index contributed by atoms with van der Waals surface area (Å²) in [6.45, 7) is 3.59. The summed E-state index contributed by atoms with van der Waals surface area (Å²) < 4.78 is 2.01. The van der Waals surface area contributed by atoms with Gasteiger partial charge in [-0.2, -0.15) is 5.26 Å². The fourth-order valence-corrected chi connectivity index (χ4v) is 5.45. The molecule has 0 saturated carbocycles. The molecule has 0 aliphatic carbocycles. The first kappa shape index (κ1) is 26.9. The molecule has 2 heterocycles. The van der Waals surface area contributed by atoms with Crippen molar-refractivity contribution in [2.45, 2.75) is 38.3 Å². The molecule has 2 amide bonds. The van der Waals surface area contributed by atoms with Crippen molar-refractivity contribution in [3.63, 3.8) is 0 Å². The molecule has 0 spiro atoms. The van der Waals surface area contributed by atoms with E-state index in [1.165, 1.54) is 0 Å². The first-order chi connectivity index (χ1) is 19.5. The molecule has 2 atom stereocenters. The molecule has 4 aromatic rings. The molecular formula is C33H33N5O2. The Bertz CT molecular complexity index is 1440. The molecular weight excluding hydrogens is 498 g/mol. The maximum atomic E-state index is 13.9. The quantitative estimate of drug-likeness (QED) is 0.344. The summed E-state index contributed by atoms with van der Waals surface area (Å²) in [5.74, 6) is -0.697. The van der Waals surface area contributed by atoms with Crippen LogP contribution in [0, 0.1) is 17.2 Å². The van der Waals surface area contributed by atoms with Crippen LogP contribution in [-0.2, 0) is 16.1 Å². The van der Waals surface area contributed by atoms with Crippen molar-refractivity contribution in [3.8, 4) is 6.07 Å². The van der Waals surface area contributed by atoms with Gasteiger partial charge in [0.2, 0.25) is 11.8 Å². The Labute approximate surface area is 235 Å². The monoisotopic (exact) mass is 531 g/mol. The largest absolute Gasteiger partial charge is 0.348 e. The lowest BCUT2D eigenvalue weighted by molar-refractivity contribution is -0.136. The summed E-state index contributed by atoms with van der Waals surface area (Å²) in [5, 5.41) is 12.2. The first-order valence-electron chi connectivity index (χ1n) is 13.7. The van der Waals surface area contributed by atoms with Crippen molar-refractivity contribution in [1.82, 2.24) is 19.8 Å². The molecule has 1 saturated heterocycles. The Morgan fingerprint density at radius 3 is 2.27 bits per heavy atom. The molecule has 0 bridgehead atoms. The van der Waals surface area contributed by atoms with Gasteiger partial charge in [0.15, 0.2) is 0 Å². The molecule has 1 fully saturated rings. The number of nitriles is 1. The molecule has 40 heavy (non-hydrogen) atoms. The molecule has 3 aromatic carbocycles. The topological polar surface area (TPSA) is 91.0 Å². The Morgan fingerprint density at radius 2 is 1.65 bits per heavy atom. The lowest BCUT2D eigenvalue weighted by atomic mass is 9.88. The average molecular weight is 532 g/mol. The van der Waals surface area contributed by atoms with Crippen LogP contribution in [0.3, 0.4) is 0 Å². The average Bonchev–Trinajstić information content (AvgIpc) is 3.47. The number of likely N-dealkylation sites (tertiary alicyclic amines) is 1. The van der Waals surface area contributed by atoms with E-state index >= 15 is 0 Å². The van der Waals surface area contributed by atoms with E-state index in [1.807, 2.05) is 89.2 Å². The molecule has 7 nitrogen and oxygen atoms in total. The van der Waals surface area contributed by atoms with Gasteiger partial charge in [0.1, 0.15) is 0 Å². The van der Waals surface area contributed by atoms with Gasteiger partial charge < -0.3 is 14.8 Å². The molecule has 1 aromatic heterocycles. The maximum Gasteiger partial charge on any atom is 0.234 e. The summed E-state index contributed by atoms with van der Waals surface area (Å²) >= 11 is 0. The molecule has 1 aliphatic rings. The third-order valence-electron chi connectivity index (χ3n) is 7.60. The van der Waals surface area contributed by atoms with Crippen LogP contribution < -0.4 is 5.32 Å². The van der Waals surface area contributed by atoms with E-state index in [9.17, 15) is 9.59 Å². The first-order valence-corrected chi connectivity index (χ1v) is 13.7. The number of imidazole rings is 1. The number of nitrogens with one attached hydrogen (secondary N) is 1. The number of piperidine rings is 1. The third-order valence-corrected chi connectivity index (χ3v) is 7.60. The van der Waals surface area contributed by atoms with Gasteiger partial charge in [0.25, 0.3) is 0 Å². The SMILES string of the molecule is C[C@H](NC(=O)C1CCCN(C(=O)C(c2ccccc2)c2ccccc2)C1)c1cncn1Cc1ccc(C#N)cc1. The minimum Gasteiger partial charge on any atom is -0.348 e. The maximum absolute atomic E-state index is 13.9. The Morgan fingerprint density at radius 1 is 1.00 bits per heavy atom. The number of hydrogen-bond acceptors (Lipinski definition) is 4. The summed E-state index contributed by atoms with van der Waals surface area (Å²) in [5.41, 5.74) is 4.47. The number of hydrogen-bond donors (Lipinski definition) is 1. The number of rotatable bonds is 8. The number of benzene rings is 3. The van der Waals surface area contributed by atoms with Gasteiger partial charge in [-0.25, -0.2) is 4.98 Å². The highest BCUT2D eigenvalue weighted by atomic mass is 16.2. The smallest absolute Gasteiger partial charge is 0.234 e. The van der Waals surface area contributed by atoms with Gasteiger partial charge in [0, 0.05) is 19.6 Å². The predicted octanol–water partition coefficient (Wildman–Crippen LogP) is 5.05. The molecule has 0 radical (unpaired) electrons. The van der Waals surface area contributed by atoms with E-state index in [-0.39, 0.29) is 23.8 Å². The standard InChI is InChI=1S/C33H33N5O2/c1-24(30-20-35-23-38(30)21-26-16-14-25(19-34)15-17-26)36-32(39)29-13-8-18-37(22-29)33(40)31(27-9-4-2-5-10-27)28-11-6-3-7-12-28/h2-7,9-12,14-17,20,23-24,29,31H,8,13,18,21-22H2,1H3,(H,36,39)/t24-,29?/m0/s1. The van der Waals surface area contributed by atoms with Crippen molar-refractivity contribution < 1.29 is 9.59 Å². The molecule has 1 N–H and O–H groups in total. The summed E-state index contributed by atoms with van der Waals surface area (Å²) in [6.07, 6.45) is 5.05. The molecule has 202 valence electrons. The van der Waals surface area contributed by atoms with Crippen molar-refractivity contribution in [2.75, 3.05) is 13.1 Å². The van der Waals surface area contributed by atoms with Gasteiger partial charge in [-0.05, 0) is 48.6 Å². The van der Waals surface area contributed by atoms with E-state index < -0.39 is 5.92 Å². The fraction of sp³-hybridized carbons (Fsp3) is 0.273. The zero-order chi connectivity index (χ0) is 27.9. The minimum atomic E-state index is -0.403. The Kier molecular flexibility index (Phi) is 8.36. The molecule has 5 rings (SSSR count). The molecule has 1 unspecified atom stereocenters. The van der Waals surface area contributed by atoms with Gasteiger partial charge in [-0.1, -0.05) is 72.8 Å². The lowest BCUT2D eigenvalue weighted by Crippen LogP contribution is -2.47. The lowest BCUT2D eigenvalue weighted by Gasteiger charge is -2.35. The molecule has 7 heteroatoms. The van der Waals surface area contributed by atoms with Gasteiger partial charge in [-0.15, -0.1) is 0 Å². The van der Waals surface area contributed by atoms with E-state index in [0.29, 0.717) is 25.2 Å². The van der Waals surface area contributed by atoms with Crippen LogP contribution in [0.4, 0.5) is 0 Å². The van der Waals surface area contributed by atoms with Crippen LogP contribution in [0.5, 0.6) is 0 Å². The van der Waals surface area contributed by atoms with Crippen LogP contribution in [0.1, 0.15) is 59.7 Å². The van der Waals surface area contributed by atoms with Crippen molar-refractivity contribution in [3.05, 3.63) is 125 Å². The van der Waals surface area contributed by atoms with Crippen LogP contribution in [0.15, 0.2) is 97.5 Å². The van der Waals surface area contributed by atoms with Crippen LogP contribution in [0.25, 0.3) is 0 Å². The summed E-state index contributed by atoms with van der Waals surface area (Å²) in [4.78, 5) is 33.5. The highest BCUT2D eigenvalue weighted by Crippen LogP contribution is 2.29. The third kappa shape index (κ3) is 6.13. The van der Waals surface area contributed by atoms with E-state index in [1.54, 1.807) is 24.7 Å². The number of aromatic nitrogens is 2. The van der Waals surface area contributed by atoms with Gasteiger partial charge >= 0.3 is 0 Å². The number of carbonyl (C=O) groups is 2. The normalized spacial score (nSPS) is 15.8. The summed E-state index contributed by atoms with van der Waals surface area (Å²) in [6, 6.07) is 29.0. The zero-order valence-electron chi connectivity index (χ0n) is 22.6. The fourth-order valence-electron chi connectivity index (χ4n) is 5.45. The van der Waals surface area contributed by atoms with E-state index in [0.717, 1.165) is 35.2 Å². The van der Waals surface area contributed by atoms with Crippen LogP contribution >= 0.6 is 0 Å². The highest BCUT2D eigenvalue weighted by molar-refractivity contribution is 5.88. The second-order valence-electron chi connectivity index (χ2n) is 10.4. The summed E-state index contributed by atoms with van der Waals surface area (Å²) in [7, 11) is 0. The molecule has 1 aliphatic heterocycles.